The molecule has 0 amide bonds. The van der Waals surface area contributed by atoms with Gasteiger partial charge in [0.15, 0.2) is 0 Å². The third kappa shape index (κ3) is 8.84. The van der Waals surface area contributed by atoms with Gasteiger partial charge in [0.1, 0.15) is 0 Å². The first-order valence-corrected chi connectivity index (χ1v) is 3.92. The van der Waals surface area contributed by atoms with Gasteiger partial charge in [-0.15, -0.1) is 0 Å². The third-order valence-electron chi connectivity index (χ3n) is 0. The minimum Gasteiger partial charge on any atom is -1.00 e. The van der Waals surface area contributed by atoms with Gasteiger partial charge in [0.2, 0.25) is 0 Å². The molecule has 0 nitrogen and oxygen atoms in total. The van der Waals surface area contributed by atoms with E-state index in [9.17, 15) is 0 Å². The maximum absolute atomic E-state index is 2.11. The second kappa shape index (κ2) is 18.4. The Bertz CT molecular complexity index is 6.00. The molecule has 0 aliphatic carbocycles. The zero-order valence-electron chi connectivity index (χ0n) is 2.20. The second-order valence-corrected chi connectivity index (χ2v) is 0. The molecular weight excluding hydrogens is 475 g/mol. The molecule has 0 aromatic rings. The van der Waals surface area contributed by atoms with Crippen molar-refractivity contribution in [1.82, 2.24) is 0 Å². The first-order chi connectivity index (χ1) is 1.00. The van der Waals surface area contributed by atoms with E-state index in [-0.39, 0.29) is 48.0 Å². The molecular formula is CH3BiI2. The molecule has 0 heterocycles. The summed E-state index contributed by atoms with van der Waals surface area (Å²) in [6.07, 6.45) is 0. The van der Waals surface area contributed by atoms with Crippen molar-refractivity contribution in [1.29, 1.82) is 0 Å². The fraction of sp³-hybridized carbons (Fsp3) is 1.00. The molecule has 0 spiro atoms. The maximum atomic E-state index is 2.11. The van der Waals surface area contributed by atoms with Gasteiger partial charge in [0, 0.05) is 0 Å². The van der Waals surface area contributed by atoms with Crippen LogP contribution in [-0.2, 0) is 0 Å². The minimum atomic E-state index is 0. The molecule has 0 saturated carbocycles. The van der Waals surface area contributed by atoms with Crippen molar-refractivity contribution in [3.63, 3.8) is 0 Å². The first kappa shape index (κ1) is 16.2. The van der Waals surface area contributed by atoms with Crippen LogP contribution in [0.3, 0.4) is 0 Å². The summed E-state index contributed by atoms with van der Waals surface area (Å²) < 4.78 is 2.11. The molecule has 0 aliphatic rings. The van der Waals surface area contributed by atoms with Gasteiger partial charge >= 0.3 is 29.4 Å². The molecule has 0 aromatic heterocycles. The molecule has 0 bridgehead atoms. The SMILES string of the molecule is [CH3][Bi+2].[I-].[I-]. The average molecular weight is 478 g/mol. The normalized spacial score (nSPS) is 1.25. The van der Waals surface area contributed by atoms with Crippen LogP contribution in [-0.4, -0.2) is 24.7 Å². The smallest absolute Gasteiger partial charge is 1.00 e. The quantitative estimate of drug-likeness (QED) is 0.241. The molecule has 0 unspecified atom stereocenters. The summed E-state index contributed by atoms with van der Waals surface area (Å²) in [5.74, 6) is 0. The van der Waals surface area contributed by atoms with E-state index in [2.05, 4.69) is 4.63 Å². The summed E-state index contributed by atoms with van der Waals surface area (Å²) in [6.45, 7) is 0. The number of hydrogen-bond donors (Lipinski definition) is 0. The second-order valence-electron chi connectivity index (χ2n) is 0. The Morgan fingerprint density at radius 2 is 1.00 bits per heavy atom. The van der Waals surface area contributed by atoms with Gasteiger partial charge < -0.3 is 48.0 Å². The fourth-order valence-corrected chi connectivity index (χ4v) is 0. The van der Waals surface area contributed by atoms with Gasteiger partial charge in [0.05, 0.1) is 0 Å². The van der Waals surface area contributed by atoms with E-state index in [0.717, 1.165) is 0 Å². The van der Waals surface area contributed by atoms with Crippen LogP contribution in [0, 0.1) is 0 Å². The molecule has 0 N–H and O–H groups in total. The van der Waals surface area contributed by atoms with Gasteiger partial charge in [0.25, 0.3) is 0 Å². The van der Waals surface area contributed by atoms with E-state index in [1.165, 1.54) is 24.7 Å². The molecule has 0 atom stereocenters. The monoisotopic (exact) mass is 478 g/mol. The maximum Gasteiger partial charge on any atom is -1.00 e. The Balaban J connectivity index is -0.00000000500. The Hall–Kier alpha value is 2.34. The molecule has 4 heavy (non-hydrogen) atoms. The summed E-state index contributed by atoms with van der Waals surface area (Å²) in [4.78, 5) is 0. The van der Waals surface area contributed by atoms with Crippen LogP contribution in [0.2, 0.25) is 4.63 Å². The largest absolute Gasteiger partial charge is 1.00 e. The van der Waals surface area contributed by atoms with Crippen molar-refractivity contribution in [2.24, 2.45) is 0 Å². The van der Waals surface area contributed by atoms with Gasteiger partial charge in [-0.05, 0) is 0 Å². The zero-order valence-corrected chi connectivity index (χ0v) is 10.00. The number of halogens is 2. The van der Waals surface area contributed by atoms with Crippen LogP contribution >= 0.6 is 0 Å². The molecule has 2 radical (unpaired) electrons. The fourth-order valence-electron chi connectivity index (χ4n) is 0. The van der Waals surface area contributed by atoms with Gasteiger partial charge in [-0.25, -0.2) is 0 Å². The average Bonchev–Trinajstić information content (AvgIpc) is 1.00. The molecule has 3 heteroatoms. The van der Waals surface area contributed by atoms with Crippen LogP contribution in [0.25, 0.3) is 0 Å². The molecule has 26 valence electrons. The van der Waals surface area contributed by atoms with Crippen molar-refractivity contribution in [2.75, 3.05) is 0 Å². The standard InChI is InChI=1S/CH3.Bi.2HI/h1H3;;2*1H/q;+2;;/p-2. The van der Waals surface area contributed by atoms with E-state index >= 15 is 0 Å². The van der Waals surface area contributed by atoms with Gasteiger partial charge in [-0.1, -0.05) is 0 Å². The van der Waals surface area contributed by atoms with Crippen LogP contribution < -0.4 is 48.0 Å². The van der Waals surface area contributed by atoms with Crippen molar-refractivity contribution >= 4 is 24.7 Å². The Kier molecular flexibility index (Phi) is 74.4. The van der Waals surface area contributed by atoms with E-state index in [0.29, 0.717) is 0 Å². The first-order valence-electron chi connectivity index (χ1n) is 0.447. The van der Waals surface area contributed by atoms with Gasteiger partial charge in [-0.2, -0.15) is 0 Å². The predicted octanol–water partition coefficient (Wildman–Crippen LogP) is -5.79. The minimum absolute atomic E-state index is 0. The van der Waals surface area contributed by atoms with Crippen molar-refractivity contribution in [3.05, 3.63) is 0 Å². The Morgan fingerprint density at radius 3 is 1.00 bits per heavy atom. The summed E-state index contributed by atoms with van der Waals surface area (Å²) in [5, 5.41) is 0. The summed E-state index contributed by atoms with van der Waals surface area (Å²) >= 11 is 1.44. The summed E-state index contributed by atoms with van der Waals surface area (Å²) in [5.41, 5.74) is 0. The third-order valence-corrected chi connectivity index (χ3v) is 0. The van der Waals surface area contributed by atoms with Crippen LogP contribution in [0.4, 0.5) is 0 Å². The zero-order chi connectivity index (χ0) is 2.00. The molecule has 0 saturated heterocycles. The predicted molar refractivity (Wildman–Crippen MR) is 11.6 cm³/mol. The van der Waals surface area contributed by atoms with E-state index in [4.69, 9.17) is 0 Å². The molecule has 0 rings (SSSR count). The van der Waals surface area contributed by atoms with Crippen molar-refractivity contribution in [2.45, 2.75) is 4.63 Å². The van der Waals surface area contributed by atoms with E-state index in [1.807, 2.05) is 0 Å². The van der Waals surface area contributed by atoms with Crippen LogP contribution in [0.15, 0.2) is 0 Å². The summed E-state index contributed by atoms with van der Waals surface area (Å²) in [6, 6.07) is 0. The van der Waals surface area contributed by atoms with Crippen molar-refractivity contribution in [3.8, 4) is 0 Å². The topological polar surface area (TPSA) is 0 Å². The Morgan fingerprint density at radius 1 is 1.00 bits per heavy atom. The summed E-state index contributed by atoms with van der Waals surface area (Å²) in [7, 11) is 0. The van der Waals surface area contributed by atoms with Gasteiger partial charge in [-0.3, -0.25) is 0 Å². The number of rotatable bonds is 0. The van der Waals surface area contributed by atoms with Crippen LogP contribution in [0.1, 0.15) is 0 Å². The van der Waals surface area contributed by atoms with Crippen molar-refractivity contribution < 1.29 is 48.0 Å². The molecule has 0 aromatic carbocycles. The molecule has 0 aliphatic heterocycles. The number of hydrogen-bond acceptors (Lipinski definition) is 0. The Labute approximate surface area is 76.0 Å². The van der Waals surface area contributed by atoms with E-state index in [1.54, 1.807) is 0 Å². The molecule has 0 fully saturated rings. The van der Waals surface area contributed by atoms with Crippen LogP contribution in [0.5, 0.6) is 0 Å². The van der Waals surface area contributed by atoms with E-state index < -0.39 is 0 Å².